The summed E-state index contributed by atoms with van der Waals surface area (Å²) in [4.78, 5) is 12.0. The second kappa shape index (κ2) is 5.28. The van der Waals surface area contributed by atoms with Crippen molar-refractivity contribution in [1.29, 1.82) is 0 Å². The first-order valence-corrected chi connectivity index (χ1v) is 6.03. The van der Waals surface area contributed by atoms with Gasteiger partial charge in [-0.05, 0) is 43.2 Å². The number of rotatable bonds is 2. The number of nitrogens with one attached hydrogen (secondary N) is 1. The van der Waals surface area contributed by atoms with Crippen LogP contribution in [0.1, 0.15) is 21.5 Å². The van der Waals surface area contributed by atoms with Gasteiger partial charge in [-0.15, -0.1) is 0 Å². The fourth-order valence-electron chi connectivity index (χ4n) is 1.89. The number of nitrogen functional groups attached to an aromatic ring is 1. The van der Waals surface area contributed by atoms with E-state index in [9.17, 15) is 13.6 Å². The van der Waals surface area contributed by atoms with Crippen molar-refractivity contribution in [2.45, 2.75) is 13.8 Å². The lowest BCUT2D eigenvalue weighted by Gasteiger charge is -2.14. The fourth-order valence-corrected chi connectivity index (χ4v) is 1.89. The molecule has 104 valence electrons. The van der Waals surface area contributed by atoms with E-state index < -0.39 is 23.1 Å². The van der Waals surface area contributed by atoms with Crippen LogP contribution in [0.15, 0.2) is 30.3 Å². The Hall–Kier alpha value is -2.43. The minimum absolute atomic E-state index is 0.346. The molecule has 20 heavy (non-hydrogen) atoms. The van der Waals surface area contributed by atoms with Crippen molar-refractivity contribution >= 4 is 17.3 Å². The maximum atomic E-state index is 13.6. The number of hydrogen-bond acceptors (Lipinski definition) is 2. The Morgan fingerprint density at radius 2 is 1.70 bits per heavy atom. The third-order valence-corrected chi connectivity index (χ3v) is 3.20. The summed E-state index contributed by atoms with van der Waals surface area (Å²) in [5, 5.41) is 2.47. The van der Waals surface area contributed by atoms with Gasteiger partial charge in [0.05, 0.1) is 11.4 Å². The topological polar surface area (TPSA) is 55.1 Å². The first kappa shape index (κ1) is 14.0. The Bertz CT molecular complexity index is 664. The summed E-state index contributed by atoms with van der Waals surface area (Å²) in [6, 6.07) is 6.71. The molecular weight excluding hydrogens is 262 g/mol. The van der Waals surface area contributed by atoms with E-state index >= 15 is 0 Å². The first-order chi connectivity index (χ1) is 9.41. The molecule has 0 fully saturated rings. The summed E-state index contributed by atoms with van der Waals surface area (Å²) in [6.45, 7) is 3.63. The van der Waals surface area contributed by atoms with Crippen molar-refractivity contribution in [3.05, 3.63) is 58.7 Å². The zero-order valence-electron chi connectivity index (χ0n) is 11.1. The zero-order chi connectivity index (χ0) is 14.9. The van der Waals surface area contributed by atoms with E-state index in [1.54, 1.807) is 13.0 Å². The van der Waals surface area contributed by atoms with Crippen LogP contribution in [0.3, 0.4) is 0 Å². The van der Waals surface area contributed by atoms with E-state index in [-0.39, 0.29) is 0 Å². The van der Waals surface area contributed by atoms with Crippen LogP contribution in [0.25, 0.3) is 0 Å². The second-order valence-electron chi connectivity index (χ2n) is 4.52. The molecule has 0 aliphatic heterocycles. The van der Waals surface area contributed by atoms with Gasteiger partial charge in [0.25, 0.3) is 5.91 Å². The molecule has 0 bridgehead atoms. The average molecular weight is 276 g/mol. The molecular formula is C15H14F2N2O. The van der Waals surface area contributed by atoms with E-state index in [1.807, 2.05) is 13.0 Å². The lowest BCUT2D eigenvalue weighted by atomic mass is 10.1. The molecule has 0 radical (unpaired) electrons. The minimum Gasteiger partial charge on any atom is -0.397 e. The number of aryl methyl sites for hydroxylation is 1. The number of anilines is 2. The molecule has 3 nitrogen and oxygen atoms in total. The Kier molecular flexibility index (Phi) is 3.70. The zero-order valence-corrected chi connectivity index (χ0v) is 11.1. The Morgan fingerprint density at radius 3 is 2.30 bits per heavy atom. The van der Waals surface area contributed by atoms with Crippen LogP contribution in [-0.4, -0.2) is 5.91 Å². The van der Waals surface area contributed by atoms with Gasteiger partial charge in [0.2, 0.25) is 0 Å². The SMILES string of the molecule is Cc1ccc(N)c(NC(=O)c2c(F)cccc2F)c1C. The van der Waals surface area contributed by atoms with Gasteiger partial charge in [-0.25, -0.2) is 8.78 Å². The van der Waals surface area contributed by atoms with Gasteiger partial charge in [0.1, 0.15) is 17.2 Å². The van der Waals surface area contributed by atoms with Gasteiger partial charge in [0, 0.05) is 0 Å². The fraction of sp³-hybridized carbons (Fsp3) is 0.133. The second-order valence-corrected chi connectivity index (χ2v) is 4.52. The quantitative estimate of drug-likeness (QED) is 0.826. The molecule has 5 heteroatoms. The molecule has 0 aliphatic carbocycles. The highest BCUT2D eigenvalue weighted by atomic mass is 19.1. The third kappa shape index (κ3) is 2.47. The van der Waals surface area contributed by atoms with E-state index in [4.69, 9.17) is 5.73 Å². The highest BCUT2D eigenvalue weighted by molar-refractivity contribution is 6.06. The summed E-state index contributed by atoms with van der Waals surface area (Å²) in [7, 11) is 0. The number of carbonyl (C=O) groups is 1. The van der Waals surface area contributed by atoms with Crippen LogP contribution in [0.5, 0.6) is 0 Å². The van der Waals surface area contributed by atoms with Crippen LogP contribution in [0.2, 0.25) is 0 Å². The Balaban J connectivity index is 2.41. The Morgan fingerprint density at radius 1 is 1.10 bits per heavy atom. The number of benzene rings is 2. The molecule has 0 aliphatic rings. The van der Waals surface area contributed by atoms with Gasteiger partial charge < -0.3 is 11.1 Å². The van der Waals surface area contributed by atoms with E-state index in [0.29, 0.717) is 11.4 Å². The molecule has 0 saturated carbocycles. The summed E-state index contributed by atoms with van der Waals surface area (Å²) in [5.41, 5.74) is 7.57. The molecule has 2 aromatic carbocycles. The van der Waals surface area contributed by atoms with Gasteiger partial charge >= 0.3 is 0 Å². The van der Waals surface area contributed by atoms with Crippen molar-refractivity contribution in [2.24, 2.45) is 0 Å². The maximum Gasteiger partial charge on any atom is 0.261 e. The van der Waals surface area contributed by atoms with E-state index in [0.717, 1.165) is 23.3 Å². The highest BCUT2D eigenvalue weighted by Crippen LogP contribution is 2.27. The minimum atomic E-state index is -0.911. The molecule has 0 unspecified atom stereocenters. The molecule has 0 spiro atoms. The predicted molar refractivity (Wildman–Crippen MR) is 74.6 cm³/mol. The summed E-state index contributed by atoms with van der Waals surface area (Å²) >= 11 is 0. The third-order valence-electron chi connectivity index (χ3n) is 3.20. The molecule has 0 atom stereocenters. The molecule has 3 N–H and O–H groups in total. The van der Waals surface area contributed by atoms with Gasteiger partial charge in [-0.2, -0.15) is 0 Å². The van der Waals surface area contributed by atoms with Gasteiger partial charge in [-0.1, -0.05) is 12.1 Å². The molecule has 0 heterocycles. The van der Waals surface area contributed by atoms with Gasteiger partial charge in [0.15, 0.2) is 0 Å². The van der Waals surface area contributed by atoms with Crippen LogP contribution in [-0.2, 0) is 0 Å². The lowest BCUT2D eigenvalue weighted by Crippen LogP contribution is -2.17. The largest absolute Gasteiger partial charge is 0.397 e. The maximum absolute atomic E-state index is 13.6. The smallest absolute Gasteiger partial charge is 0.261 e. The molecule has 0 aromatic heterocycles. The first-order valence-electron chi connectivity index (χ1n) is 6.03. The highest BCUT2D eigenvalue weighted by Gasteiger charge is 2.18. The number of carbonyl (C=O) groups excluding carboxylic acids is 1. The van der Waals surface area contributed by atoms with E-state index in [2.05, 4.69) is 5.32 Å². The Labute approximate surface area is 115 Å². The van der Waals surface area contributed by atoms with E-state index in [1.165, 1.54) is 6.07 Å². The number of nitrogens with two attached hydrogens (primary N) is 1. The molecule has 1 amide bonds. The van der Waals surface area contributed by atoms with Crippen molar-refractivity contribution in [2.75, 3.05) is 11.1 Å². The van der Waals surface area contributed by atoms with Crippen molar-refractivity contribution < 1.29 is 13.6 Å². The molecule has 0 saturated heterocycles. The van der Waals surface area contributed by atoms with Gasteiger partial charge in [-0.3, -0.25) is 4.79 Å². The summed E-state index contributed by atoms with van der Waals surface area (Å²) in [6.07, 6.45) is 0. The van der Waals surface area contributed by atoms with Crippen LogP contribution >= 0.6 is 0 Å². The summed E-state index contributed by atoms with van der Waals surface area (Å²) in [5.74, 6) is -2.68. The molecule has 2 rings (SSSR count). The average Bonchev–Trinajstić information content (AvgIpc) is 2.39. The number of halogens is 2. The standard InChI is InChI=1S/C15H14F2N2O/c1-8-6-7-12(18)14(9(8)2)19-15(20)13-10(16)4-3-5-11(13)17/h3-7H,18H2,1-2H3,(H,19,20). The lowest BCUT2D eigenvalue weighted by molar-refractivity contribution is 0.101. The van der Waals surface area contributed by atoms with Crippen LogP contribution < -0.4 is 11.1 Å². The number of hydrogen-bond donors (Lipinski definition) is 2. The normalized spacial score (nSPS) is 10.4. The summed E-state index contributed by atoms with van der Waals surface area (Å²) < 4.78 is 27.1. The van der Waals surface area contributed by atoms with Crippen LogP contribution in [0.4, 0.5) is 20.2 Å². The monoisotopic (exact) mass is 276 g/mol. The number of amides is 1. The predicted octanol–water partition coefficient (Wildman–Crippen LogP) is 3.42. The van der Waals surface area contributed by atoms with Crippen molar-refractivity contribution in [1.82, 2.24) is 0 Å². The van der Waals surface area contributed by atoms with Crippen molar-refractivity contribution in [3.63, 3.8) is 0 Å². The van der Waals surface area contributed by atoms with Crippen molar-refractivity contribution in [3.8, 4) is 0 Å². The van der Waals surface area contributed by atoms with Crippen LogP contribution in [0, 0.1) is 25.5 Å². The molecule has 2 aromatic rings.